The Hall–Kier alpha value is -0.0800. The molecule has 1 fully saturated rings. The summed E-state index contributed by atoms with van der Waals surface area (Å²) in [6.07, 6.45) is 0. The lowest BCUT2D eigenvalue weighted by atomic mass is 9.38. The van der Waals surface area contributed by atoms with Crippen LogP contribution in [0.2, 0.25) is 0 Å². The highest BCUT2D eigenvalue weighted by atomic mass is 15.1. The van der Waals surface area contributed by atoms with Crippen LogP contribution in [0.3, 0.4) is 0 Å². The predicted octanol–water partition coefficient (Wildman–Crippen LogP) is 5.61. The Morgan fingerprint density at radius 3 is 1.21 bits per heavy atom. The molecular weight excluding hydrogens is 292 g/mol. The Morgan fingerprint density at radius 2 is 0.958 bits per heavy atom. The summed E-state index contributed by atoms with van der Waals surface area (Å²) in [4.78, 5) is 0. The second-order valence-corrected chi connectivity index (χ2v) is 12.3. The first-order valence-corrected chi connectivity index (χ1v) is 9.65. The summed E-state index contributed by atoms with van der Waals surface area (Å²) in [7, 11) is 0. The van der Waals surface area contributed by atoms with Gasteiger partial charge in [0.25, 0.3) is 0 Å². The summed E-state index contributed by atoms with van der Waals surface area (Å²) in [6, 6.07) is 0. The Kier molecular flexibility index (Phi) is 4.78. The molecule has 1 aliphatic rings. The summed E-state index contributed by atoms with van der Waals surface area (Å²) in [6.45, 7) is 33.3. The van der Waals surface area contributed by atoms with Crippen LogP contribution >= 0.6 is 0 Å². The highest BCUT2D eigenvalue weighted by Crippen LogP contribution is 2.66. The summed E-state index contributed by atoms with van der Waals surface area (Å²) in [5, 5.41) is 3.97. The zero-order chi connectivity index (χ0) is 19.8. The molecule has 3 N–H and O–H groups in total. The van der Waals surface area contributed by atoms with Gasteiger partial charge in [0.1, 0.15) is 0 Å². The van der Waals surface area contributed by atoms with E-state index in [2.05, 4.69) is 102 Å². The lowest BCUT2D eigenvalue weighted by Gasteiger charge is -2.71. The van der Waals surface area contributed by atoms with Crippen molar-refractivity contribution in [1.29, 1.82) is 0 Å². The van der Waals surface area contributed by atoms with Gasteiger partial charge in [-0.1, -0.05) is 55.4 Å². The molecule has 0 aromatic rings. The first-order chi connectivity index (χ1) is 10.1. The van der Waals surface area contributed by atoms with Crippen LogP contribution in [0, 0.1) is 27.6 Å². The maximum Gasteiger partial charge on any atom is 0.0184 e. The van der Waals surface area contributed by atoms with Crippen LogP contribution in [-0.2, 0) is 0 Å². The monoisotopic (exact) mass is 338 g/mol. The summed E-state index contributed by atoms with van der Waals surface area (Å²) in [5.41, 5.74) is 6.84. The lowest BCUT2D eigenvalue weighted by Crippen LogP contribution is -2.77. The van der Waals surface area contributed by atoms with Crippen LogP contribution in [0.4, 0.5) is 0 Å². The van der Waals surface area contributed by atoms with Crippen LogP contribution in [0.5, 0.6) is 0 Å². The molecule has 0 spiro atoms. The van der Waals surface area contributed by atoms with Gasteiger partial charge in [-0.25, -0.2) is 0 Å². The van der Waals surface area contributed by atoms with Gasteiger partial charge in [-0.3, -0.25) is 0 Å². The number of piperidine rings is 1. The van der Waals surface area contributed by atoms with Crippen molar-refractivity contribution in [3.63, 3.8) is 0 Å². The van der Waals surface area contributed by atoms with E-state index in [-0.39, 0.29) is 38.3 Å². The molecule has 0 radical (unpaired) electrons. The van der Waals surface area contributed by atoms with Crippen molar-refractivity contribution >= 4 is 0 Å². The summed E-state index contributed by atoms with van der Waals surface area (Å²) in [5.74, 6) is 0.501. The van der Waals surface area contributed by atoms with Crippen molar-refractivity contribution < 1.29 is 0 Å². The van der Waals surface area contributed by atoms with Crippen LogP contribution in [0.15, 0.2) is 0 Å². The molecule has 0 aromatic heterocycles. The third-order valence-corrected chi connectivity index (χ3v) is 9.23. The van der Waals surface area contributed by atoms with Gasteiger partial charge in [-0.15, -0.1) is 0 Å². The zero-order valence-electron chi connectivity index (χ0n) is 19.2. The number of rotatable bonds is 3. The average Bonchev–Trinajstić information content (AvgIpc) is 2.21. The van der Waals surface area contributed by atoms with Gasteiger partial charge in [0.2, 0.25) is 0 Å². The molecular formula is C22H46N2. The largest absolute Gasteiger partial charge is 0.325 e. The Labute approximate surface area is 152 Å². The predicted molar refractivity (Wildman–Crippen MR) is 108 cm³/mol. The van der Waals surface area contributed by atoms with Gasteiger partial charge in [-0.2, -0.15) is 0 Å². The molecule has 0 amide bonds. The van der Waals surface area contributed by atoms with Crippen molar-refractivity contribution in [2.24, 2.45) is 33.3 Å². The molecule has 2 heteroatoms. The molecule has 1 saturated heterocycles. The van der Waals surface area contributed by atoms with Crippen molar-refractivity contribution in [1.82, 2.24) is 5.32 Å². The van der Waals surface area contributed by atoms with E-state index < -0.39 is 0 Å². The van der Waals surface area contributed by atoms with Gasteiger partial charge >= 0.3 is 0 Å². The Bertz CT molecular complexity index is 459. The van der Waals surface area contributed by atoms with Gasteiger partial charge in [-0.05, 0) is 69.1 Å². The minimum Gasteiger partial charge on any atom is -0.325 e. The topological polar surface area (TPSA) is 38.0 Å². The van der Waals surface area contributed by atoms with Crippen molar-refractivity contribution in [3.05, 3.63) is 0 Å². The Morgan fingerprint density at radius 1 is 0.667 bits per heavy atom. The van der Waals surface area contributed by atoms with E-state index in [1.165, 1.54) is 0 Å². The Balaban J connectivity index is 3.73. The molecule has 2 nitrogen and oxygen atoms in total. The number of nitrogens with one attached hydrogen (secondary N) is 1. The van der Waals surface area contributed by atoms with Crippen LogP contribution in [0.1, 0.15) is 96.9 Å². The maximum absolute atomic E-state index is 6.70. The molecule has 0 aliphatic carbocycles. The van der Waals surface area contributed by atoms with Crippen LogP contribution < -0.4 is 11.1 Å². The van der Waals surface area contributed by atoms with Crippen LogP contribution in [0.25, 0.3) is 0 Å². The third kappa shape index (κ3) is 2.67. The first-order valence-electron chi connectivity index (χ1n) is 9.65. The second kappa shape index (κ2) is 5.22. The molecule has 24 heavy (non-hydrogen) atoms. The van der Waals surface area contributed by atoms with E-state index in [9.17, 15) is 0 Å². The zero-order valence-corrected chi connectivity index (χ0v) is 19.2. The van der Waals surface area contributed by atoms with E-state index in [4.69, 9.17) is 5.73 Å². The quantitative estimate of drug-likeness (QED) is 0.702. The normalized spacial score (nSPS) is 27.1. The number of hydrogen-bond donors (Lipinski definition) is 2. The second-order valence-electron chi connectivity index (χ2n) is 12.3. The summed E-state index contributed by atoms with van der Waals surface area (Å²) < 4.78 is 0. The standard InChI is InChI=1S/C22H46N2/c1-16(2,19(7,8)20(9,10)23)15-17(3,4)21(11,12)24-22(13,14)18(15,5)6/h15,24H,23H2,1-14H3. The van der Waals surface area contributed by atoms with E-state index in [0.29, 0.717) is 5.92 Å². The van der Waals surface area contributed by atoms with Crippen molar-refractivity contribution in [2.75, 3.05) is 0 Å². The van der Waals surface area contributed by atoms with E-state index in [0.717, 1.165) is 0 Å². The molecule has 1 rings (SSSR count). The lowest BCUT2D eigenvalue weighted by molar-refractivity contribution is -0.195. The van der Waals surface area contributed by atoms with Gasteiger partial charge in [0.05, 0.1) is 0 Å². The minimum absolute atomic E-state index is 0.0112. The highest BCUT2D eigenvalue weighted by molar-refractivity contribution is 5.20. The number of nitrogens with two attached hydrogens (primary N) is 1. The van der Waals surface area contributed by atoms with E-state index in [1.54, 1.807) is 0 Å². The molecule has 1 heterocycles. The number of hydrogen-bond acceptors (Lipinski definition) is 2. The third-order valence-electron chi connectivity index (χ3n) is 9.23. The van der Waals surface area contributed by atoms with Gasteiger partial charge < -0.3 is 11.1 Å². The van der Waals surface area contributed by atoms with E-state index in [1.807, 2.05) is 0 Å². The minimum atomic E-state index is -0.248. The van der Waals surface area contributed by atoms with Gasteiger partial charge in [0.15, 0.2) is 0 Å². The SMILES string of the molecule is CC(C)(N)C(C)(C)C(C)(C)C1C(C)(C)C(C)(C)NC(C)(C)C1(C)C. The van der Waals surface area contributed by atoms with E-state index >= 15 is 0 Å². The average molecular weight is 339 g/mol. The van der Waals surface area contributed by atoms with Crippen LogP contribution in [-0.4, -0.2) is 16.6 Å². The molecule has 0 aromatic carbocycles. The molecule has 0 unspecified atom stereocenters. The fourth-order valence-electron chi connectivity index (χ4n) is 5.72. The highest BCUT2D eigenvalue weighted by Gasteiger charge is 2.67. The molecule has 0 atom stereocenters. The fourth-order valence-corrected chi connectivity index (χ4v) is 5.72. The molecule has 0 saturated carbocycles. The summed E-state index contributed by atoms with van der Waals surface area (Å²) >= 11 is 0. The van der Waals surface area contributed by atoms with Crippen molar-refractivity contribution in [3.8, 4) is 0 Å². The smallest absolute Gasteiger partial charge is 0.0184 e. The van der Waals surface area contributed by atoms with Gasteiger partial charge in [0, 0.05) is 16.6 Å². The molecule has 0 bridgehead atoms. The fraction of sp³-hybridized carbons (Fsp3) is 1.00. The molecule has 1 aliphatic heterocycles. The molecule has 144 valence electrons. The first kappa shape index (κ1) is 22.0. The maximum atomic E-state index is 6.70. The van der Waals surface area contributed by atoms with Crippen molar-refractivity contribution in [2.45, 2.75) is 114 Å².